The van der Waals surface area contributed by atoms with Crippen molar-refractivity contribution in [3.63, 3.8) is 0 Å². The summed E-state index contributed by atoms with van der Waals surface area (Å²) in [5.41, 5.74) is 6.83. The van der Waals surface area contributed by atoms with Crippen LogP contribution in [-0.2, 0) is 6.42 Å². The average Bonchev–Trinajstić information content (AvgIpc) is 2.41. The lowest BCUT2D eigenvalue weighted by molar-refractivity contribution is 0.159. The van der Waals surface area contributed by atoms with Gasteiger partial charge in [0, 0.05) is 11.3 Å². The lowest BCUT2D eigenvalue weighted by Crippen LogP contribution is -2.21. The normalized spacial score (nSPS) is 30.6. The molecule has 54 valence electrons. The Bertz CT molecular complexity index is 246. The molecule has 10 heavy (non-hydrogen) atoms. The highest BCUT2D eigenvalue weighted by molar-refractivity contribution is 7.10. The van der Waals surface area contributed by atoms with E-state index in [-0.39, 0.29) is 12.1 Å². The highest BCUT2D eigenvalue weighted by atomic mass is 32.1. The minimum Gasteiger partial charge on any atom is -0.391 e. The van der Waals surface area contributed by atoms with Gasteiger partial charge in [0.1, 0.15) is 0 Å². The summed E-state index contributed by atoms with van der Waals surface area (Å²) < 4.78 is 0. The Balaban J connectivity index is 2.43. The van der Waals surface area contributed by atoms with Crippen LogP contribution in [-0.4, -0.2) is 11.2 Å². The quantitative estimate of drug-likeness (QED) is 0.578. The van der Waals surface area contributed by atoms with E-state index in [2.05, 4.69) is 0 Å². The van der Waals surface area contributed by atoms with Crippen LogP contribution < -0.4 is 5.73 Å². The maximum absolute atomic E-state index is 9.29. The van der Waals surface area contributed by atoms with Gasteiger partial charge in [-0.05, 0) is 17.0 Å². The Morgan fingerprint density at radius 1 is 1.70 bits per heavy atom. The van der Waals surface area contributed by atoms with E-state index in [1.807, 2.05) is 11.4 Å². The molecule has 0 aromatic carbocycles. The van der Waals surface area contributed by atoms with Crippen molar-refractivity contribution in [2.75, 3.05) is 0 Å². The molecule has 1 aliphatic carbocycles. The van der Waals surface area contributed by atoms with Crippen LogP contribution in [0.4, 0.5) is 0 Å². The van der Waals surface area contributed by atoms with Crippen LogP contribution in [0.3, 0.4) is 0 Å². The van der Waals surface area contributed by atoms with E-state index in [9.17, 15) is 5.11 Å². The van der Waals surface area contributed by atoms with Gasteiger partial charge < -0.3 is 10.8 Å². The molecule has 1 heterocycles. The third-order valence-electron chi connectivity index (χ3n) is 1.95. The molecule has 3 N–H and O–H groups in total. The molecule has 1 aliphatic rings. The monoisotopic (exact) mass is 155 g/mol. The van der Waals surface area contributed by atoms with Gasteiger partial charge in [0.2, 0.25) is 0 Å². The summed E-state index contributed by atoms with van der Waals surface area (Å²) >= 11 is 1.68. The predicted octanol–water partition coefficient (Wildman–Crippen LogP) is 0.665. The Hall–Kier alpha value is -0.380. The summed E-state index contributed by atoms with van der Waals surface area (Å²) in [6.45, 7) is 0. The van der Waals surface area contributed by atoms with Crippen molar-refractivity contribution in [1.82, 2.24) is 0 Å². The Kier molecular flexibility index (Phi) is 1.30. The van der Waals surface area contributed by atoms with Crippen LogP contribution in [0.15, 0.2) is 11.4 Å². The summed E-state index contributed by atoms with van der Waals surface area (Å²) in [7, 11) is 0. The molecule has 2 atom stereocenters. The van der Waals surface area contributed by atoms with E-state index in [0.29, 0.717) is 0 Å². The number of rotatable bonds is 0. The van der Waals surface area contributed by atoms with Crippen LogP contribution in [0.5, 0.6) is 0 Å². The molecule has 0 spiro atoms. The van der Waals surface area contributed by atoms with Crippen molar-refractivity contribution in [1.29, 1.82) is 0 Å². The molecule has 0 fully saturated rings. The largest absolute Gasteiger partial charge is 0.391 e. The highest BCUT2D eigenvalue weighted by Crippen LogP contribution is 2.33. The first-order valence-electron chi connectivity index (χ1n) is 3.29. The molecular weight excluding hydrogens is 146 g/mol. The fourth-order valence-corrected chi connectivity index (χ4v) is 2.32. The molecule has 0 saturated heterocycles. The second kappa shape index (κ2) is 2.05. The Morgan fingerprint density at radius 3 is 3.20 bits per heavy atom. The highest BCUT2D eigenvalue weighted by Gasteiger charge is 2.28. The topological polar surface area (TPSA) is 46.2 Å². The van der Waals surface area contributed by atoms with Crippen LogP contribution in [0, 0.1) is 0 Å². The van der Waals surface area contributed by atoms with Crippen molar-refractivity contribution in [3.05, 3.63) is 21.9 Å². The summed E-state index contributed by atoms with van der Waals surface area (Å²) in [5.74, 6) is 0. The maximum Gasteiger partial charge on any atom is 0.0781 e. The molecule has 2 nitrogen and oxygen atoms in total. The Labute approximate surface area is 63.3 Å². The van der Waals surface area contributed by atoms with E-state index >= 15 is 0 Å². The van der Waals surface area contributed by atoms with E-state index in [0.717, 1.165) is 12.0 Å². The summed E-state index contributed by atoms with van der Waals surface area (Å²) in [4.78, 5) is 1.25. The van der Waals surface area contributed by atoms with Gasteiger partial charge in [-0.25, -0.2) is 0 Å². The van der Waals surface area contributed by atoms with Gasteiger partial charge in [0.25, 0.3) is 0 Å². The Morgan fingerprint density at radius 2 is 2.50 bits per heavy atom. The van der Waals surface area contributed by atoms with Crippen molar-refractivity contribution in [3.8, 4) is 0 Å². The first-order valence-corrected chi connectivity index (χ1v) is 4.17. The van der Waals surface area contributed by atoms with Crippen LogP contribution >= 0.6 is 11.3 Å². The second-order valence-electron chi connectivity index (χ2n) is 2.60. The van der Waals surface area contributed by atoms with Gasteiger partial charge in [0.15, 0.2) is 0 Å². The second-order valence-corrected chi connectivity index (χ2v) is 3.60. The molecular formula is C7H9NOS. The van der Waals surface area contributed by atoms with Gasteiger partial charge in [-0.3, -0.25) is 0 Å². The van der Waals surface area contributed by atoms with Gasteiger partial charge in [-0.2, -0.15) is 0 Å². The number of aliphatic hydroxyl groups is 1. The molecule has 2 rings (SSSR count). The fourth-order valence-electron chi connectivity index (χ4n) is 1.34. The molecule has 1 aromatic rings. The number of hydrogen-bond donors (Lipinski definition) is 2. The zero-order chi connectivity index (χ0) is 7.14. The standard InChI is InChI=1S/C7H9NOS/c8-7-4-1-2-10-6(4)3-5(7)9/h1-2,5,7,9H,3,8H2/t5-,7+/m1/s1. The first-order chi connectivity index (χ1) is 4.79. The van der Waals surface area contributed by atoms with Crippen LogP contribution in [0.2, 0.25) is 0 Å². The number of hydrogen-bond acceptors (Lipinski definition) is 3. The molecule has 3 heteroatoms. The van der Waals surface area contributed by atoms with Crippen molar-refractivity contribution >= 4 is 11.3 Å². The summed E-state index contributed by atoms with van der Waals surface area (Å²) in [6, 6.07) is 1.86. The maximum atomic E-state index is 9.29. The zero-order valence-electron chi connectivity index (χ0n) is 5.45. The van der Waals surface area contributed by atoms with Gasteiger partial charge in [0.05, 0.1) is 12.1 Å². The van der Waals surface area contributed by atoms with Crippen molar-refractivity contribution < 1.29 is 5.11 Å². The zero-order valence-corrected chi connectivity index (χ0v) is 6.27. The minimum absolute atomic E-state index is 0.138. The van der Waals surface area contributed by atoms with E-state index in [1.54, 1.807) is 11.3 Å². The molecule has 0 bridgehead atoms. The minimum atomic E-state index is -0.345. The van der Waals surface area contributed by atoms with Crippen LogP contribution in [0.25, 0.3) is 0 Å². The number of aliphatic hydroxyl groups excluding tert-OH is 1. The van der Waals surface area contributed by atoms with Crippen molar-refractivity contribution in [2.45, 2.75) is 18.6 Å². The average molecular weight is 155 g/mol. The molecule has 1 aromatic heterocycles. The molecule has 0 amide bonds. The van der Waals surface area contributed by atoms with E-state index in [1.165, 1.54) is 4.88 Å². The smallest absolute Gasteiger partial charge is 0.0781 e. The number of nitrogens with two attached hydrogens (primary N) is 1. The summed E-state index contributed by atoms with van der Waals surface area (Å²) in [5, 5.41) is 11.3. The van der Waals surface area contributed by atoms with Gasteiger partial charge in [-0.15, -0.1) is 11.3 Å². The SMILES string of the molecule is N[C@H]1c2ccsc2C[C@H]1O. The lowest BCUT2D eigenvalue weighted by atomic mass is 10.2. The predicted molar refractivity (Wildman–Crippen MR) is 41.0 cm³/mol. The molecule has 0 unspecified atom stereocenters. The molecule has 0 aliphatic heterocycles. The van der Waals surface area contributed by atoms with Gasteiger partial charge >= 0.3 is 0 Å². The number of fused-ring (bicyclic) bond motifs is 1. The van der Waals surface area contributed by atoms with Gasteiger partial charge in [-0.1, -0.05) is 0 Å². The third kappa shape index (κ3) is 0.714. The van der Waals surface area contributed by atoms with Crippen LogP contribution in [0.1, 0.15) is 16.5 Å². The van der Waals surface area contributed by atoms with E-state index in [4.69, 9.17) is 5.73 Å². The molecule has 0 saturated carbocycles. The van der Waals surface area contributed by atoms with Crippen molar-refractivity contribution in [2.24, 2.45) is 5.73 Å². The fraction of sp³-hybridized carbons (Fsp3) is 0.429. The lowest BCUT2D eigenvalue weighted by Gasteiger charge is -2.06. The first kappa shape index (κ1) is 6.34. The third-order valence-corrected chi connectivity index (χ3v) is 2.91. The summed E-state index contributed by atoms with van der Waals surface area (Å²) in [6.07, 6.45) is 0.399. The van der Waals surface area contributed by atoms with E-state index < -0.39 is 0 Å². The number of thiophene rings is 1. The molecule has 0 radical (unpaired) electrons.